The van der Waals surface area contributed by atoms with Crippen molar-refractivity contribution in [2.75, 3.05) is 0 Å². The van der Waals surface area contributed by atoms with Crippen molar-refractivity contribution in [3.8, 4) is 0 Å². The summed E-state index contributed by atoms with van der Waals surface area (Å²) in [6.07, 6.45) is 1.64. The first-order valence-electron chi connectivity index (χ1n) is 5.81. The summed E-state index contributed by atoms with van der Waals surface area (Å²) in [5, 5.41) is 0.947. The van der Waals surface area contributed by atoms with Crippen LogP contribution in [0.15, 0.2) is 47.6 Å². The Morgan fingerprint density at radius 3 is 2.61 bits per heavy atom. The summed E-state index contributed by atoms with van der Waals surface area (Å²) in [7, 11) is 0. The van der Waals surface area contributed by atoms with Crippen LogP contribution in [0.25, 0.3) is 0 Å². The molecule has 0 spiro atoms. The van der Waals surface area contributed by atoms with Gasteiger partial charge in [0, 0.05) is 17.5 Å². The van der Waals surface area contributed by atoms with Gasteiger partial charge in [-0.05, 0) is 37.1 Å². The number of hydrogen-bond donors (Lipinski definition) is 0. The van der Waals surface area contributed by atoms with Gasteiger partial charge in [-0.25, -0.2) is 4.98 Å². The lowest BCUT2D eigenvalue weighted by atomic mass is 10.1. The van der Waals surface area contributed by atoms with Gasteiger partial charge in [-0.1, -0.05) is 24.3 Å². The molecule has 0 N–H and O–H groups in total. The molecule has 0 fully saturated rings. The zero-order valence-corrected chi connectivity index (χ0v) is 11.3. The van der Waals surface area contributed by atoms with Crippen molar-refractivity contribution in [2.45, 2.75) is 24.6 Å². The molecule has 0 unspecified atom stereocenters. The lowest BCUT2D eigenvalue weighted by molar-refractivity contribution is 0.101. The van der Waals surface area contributed by atoms with E-state index in [1.165, 1.54) is 11.1 Å². The third-order valence-electron chi connectivity index (χ3n) is 2.78. The number of hydrogen-bond acceptors (Lipinski definition) is 3. The van der Waals surface area contributed by atoms with Gasteiger partial charge >= 0.3 is 0 Å². The summed E-state index contributed by atoms with van der Waals surface area (Å²) in [4.78, 5) is 15.4. The van der Waals surface area contributed by atoms with Crippen LogP contribution < -0.4 is 0 Å². The molecule has 0 bridgehead atoms. The monoisotopic (exact) mass is 257 g/mol. The maximum atomic E-state index is 11.1. The molecule has 0 saturated carbocycles. The molecule has 18 heavy (non-hydrogen) atoms. The number of aromatic nitrogens is 1. The Balaban J connectivity index is 2.02. The largest absolute Gasteiger partial charge is 0.294 e. The third kappa shape index (κ3) is 3.20. The number of pyridine rings is 1. The van der Waals surface area contributed by atoms with Gasteiger partial charge in [-0.15, -0.1) is 11.8 Å². The van der Waals surface area contributed by atoms with Gasteiger partial charge in [0.15, 0.2) is 5.78 Å². The van der Waals surface area contributed by atoms with Gasteiger partial charge in [0.1, 0.15) is 0 Å². The van der Waals surface area contributed by atoms with Gasteiger partial charge in [0.05, 0.1) is 5.03 Å². The van der Waals surface area contributed by atoms with E-state index in [0.29, 0.717) is 5.56 Å². The first-order chi connectivity index (χ1) is 8.66. The quantitative estimate of drug-likeness (QED) is 0.615. The first kappa shape index (κ1) is 12.8. The minimum absolute atomic E-state index is 0.0537. The van der Waals surface area contributed by atoms with Crippen molar-refractivity contribution in [1.29, 1.82) is 0 Å². The van der Waals surface area contributed by atoms with Crippen LogP contribution in [0.1, 0.15) is 28.4 Å². The Bertz CT molecular complexity index is 549. The molecule has 0 amide bonds. The molecule has 0 aliphatic rings. The molecule has 1 aromatic carbocycles. The fourth-order valence-corrected chi connectivity index (χ4v) is 2.52. The molecule has 0 atom stereocenters. The highest BCUT2D eigenvalue weighted by Crippen LogP contribution is 2.22. The number of aryl methyl sites for hydroxylation is 1. The lowest BCUT2D eigenvalue weighted by Crippen LogP contribution is -1.93. The zero-order valence-electron chi connectivity index (χ0n) is 10.5. The molecule has 2 aromatic rings. The number of rotatable bonds is 4. The van der Waals surface area contributed by atoms with Crippen LogP contribution in [0.3, 0.4) is 0 Å². The summed E-state index contributed by atoms with van der Waals surface area (Å²) in [5.41, 5.74) is 3.28. The van der Waals surface area contributed by atoms with E-state index < -0.39 is 0 Å². The number of nitrogens with zero attached hydrogens (tertiary/aromatic N) is 1. The first-order valence-corrected chi connectivity index (χ1v) is 6.79. The van der Waals surface area contributed by atoms with Crippen LogP contribution in [-0.2, 0) is 5.75 Å². The maximum Gasteiger partial charge on any atom is 0.161 e. The predicted octanol–water partition coefficient (Wildman–Crippen LogP) is 3.88. The van der Waals surface area contributed by atoms with Crippen molar-refractivity contribution in [3.05, 3.63) is 59.3 Å². The predicted molar refractivity (Wildman–Crippen MR) is 75.0 cm³/mol. The van der Waals surface area contributed by atoms with Gasteiger partial charge in [0.25, 0.3) is 0 Å². The molecule has 0 aliphatic carbocycles. The number of thioether (sulfide) groups is 1. The molecular weight excluding hydrogens is 242 g/mol. The van der Waals surface area contributed by atoms with Crippen molar-refractivity contribution < 1.29 is 4.79 Å². The van der Waals surface area contributed by atoms with E-state index in [1.807, 2.05) is 18.2 Å². The molecule has 1 heterocycles. The molecule has 0 aliphatic heterocycles. The van der Waals surface area contributed by atoms with Crippen molar-refractivity contribution >= 4 is 17.5 Å². The van der Waals surface area contributed by atoms with E-state index in [4.69, 9.17) is 0 Å². The summed E-state index contributed by atoms with van der Waals surface area (Å²) in [5.74, 6) is 0.956. The highest BCUT2D eigenvalue weighted by Gasteiger charge is 2.02. The molecular formula is C15H15NOS. The second-order valence-corrected chi connectivity index (χ2v) is 5.15. The molecule has 3 heteroatoms. The second kappa shape index (κ2) is 5.83. The molecule has 1 aromatic heterocycles. The Morgan fingerprint density at radius 2 is 2.00 bits per heavy atom. The standard InChI is InChI=1S/C15H15NOS/c1-11-5-3-4-6-14(11)10-18-15-8-7-13(9-16-15)12(2)17/h3-9H,10H2,1-2H3. The number of carbonyl (C=O) groups excluding carboxylic acids is 1. The van der Waals surface area contributed by atoms with Crippen LogP contribution in [0.4, 0.5) is 0 Å². The Labute approximate surface area is 111 Å². The molecule has 2 nitrogen and oxygen atoms in total. The number of Topliss-reactive ketones (excluding diaryl/α,β-unsaturated/α-hetero) is 1. The average molecular weight is 257 g/mol. The molecule has 0 saturated heterocycles. The minimum Gasteiger partial charge on any atom is -0.294 e. The smallest absolute Gasteiger partial charge is 0.161 e. The van der Waals surface area contributed by atoms with E-state index in [-0.39, 0.29) is 5.78 Å². The van der Waals surface area contributed by atoms with Crippen molar-refractivity contribution in [1.82, 2.24) is 4.98 Å². The van der Waals surface area contributed by atoms with E-state index >= 15 is 0 Å². The molecule has 92 valence electrons. The topological polar surface area (TPSA) is 30.0 Å². The number of ketones is 1. The Hall–Kier alpha value is -1.61. The second-order valence-electron chi connectivity index (χ2n) is 4.16. The molecule has 2 rings (SSSR count). The van der Waals surface area contributed by atoms with E-state index in [9.17, 15) is 4.79 Å². The number of carbonyl (C=O) groups is 1. The minimum atomic E-state index is 0.0537. The van der Waals surface area contributed by atoms with Crippen LogP contribution in [0, 0.1) is 6.92 Å². The summed E-state index contributed by atoms with van der Waals surface area (Å²) in [6, 6.07) is 12.1. The van der Waals surface area contributed by atoms with Gasteiger partial charge in [0.2, 0.25) is 0 Å². The maximum absolute atomic E-state index is 11.1. The van der Waals surface area contributed by atoms with E-state index in [0.717, 1.165) is 10.8 Å². The highest BCUT2D eigenvalue weighted by atomic mass is 32.2. The van der Waals surface area contributed by atoms with E-state index in [2.05, 4.69) is 30.1 Å². The molecule has 0 radical (unpaired) electrons. The van der Waals surface area contributed by atoms with E-state index in [1.54, 1.807) is 24.9 Å². The fraction of sp³-hybridized carbons (Fsp3) is 0.200. The SMILES string of the molecule is CC(=O)c1ccc(SCc2ccccc2C)nc1. The van der Waals surface area contributed by atoms with Gasteiger partial charge in [-0.3, -0.25) is 4.79 Å². The normalized spacial score (nSPS) is 10.3. The van der Waals surface area contributed by atoms with Crippen LogP contribution in [0.2, 0.25) is 0 Å². The number of benzene rings is 1. The Morgan fingerprint density at radius 1 is 1.22 bits per heavy atom. The average Bonchev–Trinajstić information content (AvgIpc) is 2.38. The van der Waals surface area contributed by atoms with Crippen LogP contribution >= 0.6 is 11.8 Å². The summed E-state index contributed by atoms with van der Waals surface area (Å²) < 4.78 is 0. The van der Waals surface area contributed by atoms with Gasteiger partial charge < -0.3 is 0 Å². The Kier molecular flexibility index (Phi) is 4.15. The van der Waals surface area contributed by atoms with Crippen LogP contribution in [-0.4, -0.2) is 10.8 Å². The van der Waals surface area contributed by atoms with Gasteiger partial charge in [-0.2, -0.15) is 0 Å². The third-order valence-corrected chi connectivity index (χ3v) is 3.77. The fourth-order valence-electron chi connectivity index (χ4n) is 1.60. The highest BCUT2D eigenvalue weighted by molar-refractivity contribution is 7.98. The summed E-state index contributed by atoms with van der Waals surface area (Å²) in [6.45, 7) is 3.67. The van der Waals surface area contributed by atoms with Crippen LogP contribution in [0.5, 0.6) is 0 Å². The van der Waals surface area contributed by atoms with Crippen molar-refractivity contribution in [2.24, 2.45) is 0 Å². The summed E-state index contributed by atoms with van der Waals surface area (Å²) >= 11 is 1.69. The van der Waals surface area contributed by atoms with Crippen molar-refractivity contribution in [3.63, 3.8) is 0 Å². The lowest BCUT2D eigenvalue weighted by Gasteiger charge is -2.05. The zero-order chi connectivity index (χ0) is 13.0.